The number of nitrogens with zero attached hydrogens (tertiary/aromatic N) is 1. The number of hydrogen-bond acceptors (Lipinski definition) is 5. The number of hydrogen-bond donors (Lipinski definition) is 2. The van der Waals surface area contributed by atoms with Gasteiger partial charge in [0.1, 0.15) is 6.10 Å². The van der Waals surface area contributed by atoms with Crippen molar-refractivity contribution in [3.8, 4) is 0 Å². The number of ketones is 1. The minimum atomic E-state index is -1.15. The maximum absolute atomic E-state index is 14.8. The third-order valence-corrected chi connectivity index (χ3v) is 17.3. The van der Waals surface area contributed by atoms with Gasteiger partial charge in [0.05, 0.1) is 18.2 Å². The molecule has 1 aromatic carbocycles. The van der Waals surface area contributed by atoms with Gasteiger partial charge in [-0.05, 0) is 161 Å². The van der Waals surface area contributed by atoms with E-state index in [2.05, 4.69) is 72.7 Å². The molecule has 0 aliphatic heterocycles. The molecule has 0 radical (unpaired) electrons. The summed E-state index contributed by atoms with van der Waals surface area (Å²) < 4.78 is 6.66. The van der Waals surface area contributed by atoms with Gasteiger partial charge in [0, 0.05) is 23.4 Å². The summed E-state index contributed by atoms with van der Waals surface area (Å²) >= 11 is 0. The van der Waals surface area contributed by atoms with Crippen LogP contribution in [-0.4, -0.2) is 57.9 Å². The molecule has 8 aliphatic carbocycles. The molecular formula is C50H77NO5. The van der Waals surface area contributed by atoms with E-state index < -0.39 is 17.1 Å². The first-order valence-corrected chi connectivity index (χ1v) is 23.3. The first kappa shape index (κ1) is 42.0. The molecule has 0 saturated heterocycles. The third kappa shape index (κ3) is 8.32. The van der Waals surface area contributed by atoms with E-state index in [0.717, 1.165) is 93.2 Å². The number of fused-ring (bicyclic) bond motifs is 10. The molecule has 6 nitrogen and oxygen atoms in total. The van der Waals surface area contributed by atoms with E-state index in [9.17, 15) is 19.8 Å². The molecule has 0 heterocycles. The minimum absolute atomic E-state index is 0.0333. The Hall–Kier alpha value is -2.18. The Labute approximate surface area is 340 Å². The van der Waals surface area contributed by atoms with Crippen LogP contribution >= 0.6 is 0 Å². The summed E-state index contributed by atoms with van der Waals surface area (Å²) in [5, 5.41) is 24.5. The first-order valence-electron chi connectivity index (χ1n) is 23.3. The van der Waals surface area contributed by atoms with Gasteiger partial charge in [-0.15, -0.1) is 0 Å². The molecular weight excluding hydrogens is 695 g/mol. The summed E-state index contributed by atoms with van der Waals surface area (Å²) in [6.45, 7) is 17.0. The van der Waals surface area contributed by atoms with Crippen molar-refractivity contribution < 1.29 is 24.5 Å². The number of carbonyl (C=O) groups excluding carboxylic acids is 2. The Morgan fingerprint density at radius 2 is 1.71 bits per heavy atom. The zero-order valence-corrected chi connectivity index (χ0v) is 36.3. The largest absolute Gasteiger partial charge is 0.446 e. The number of Topliss-reactive ketones (excluding diaryl/α,β-unsaturated/α-hetero) is 1. The van der Waals surface area contributed by atoms with Crippen LogP contribution in [-0.2, 0) is 11.2 Å². The highest BCUT2D eigenvalue weighted by Crippen LogP contribution is 2.62. The van der Waals surface area contributed by atoms with Gasteiger partial charge < -0.3 is 19.8 Å². The van der Waals surface area contributed by atoms with Crippen LogP contribution in [0.3, 0.4) is 0 Å². The van der Waals surface area contributed by atoms with Gasteiger partial charge in [0.15, 0.2) is 5.78 Å². The minimum Gasteiger partial charge on any atom is -0.446 e. The highest BCUT2D eigenvalue weighted by molar-refractivity contribution is 5.99. The van der Waals surface area contributed by atoms with Crippen molar-refractivity contribution in [3.63, 3.8) is 0 Å². The van der Waals surface area contributed by atoms with Gasteiger partial charge in [-0.2, -0.15) is 0 Å². The molecule has 10 unspecified atom stereocenters. The van der Waals surface area contributed by atoms with Gasteiger partial charge in [-0.3, -0.25) is 4.79 Å². The summed E-state index contributed by atoms with van der Waals surface area (Å²) in [6.07, 6.45) is 18.5. The number of aliphatic hydroxyl groups is 2. The maximum Gasteiger partial charge on any atom is 0.410 e. The van der Waals surface area contributed by atoms with Gasteiger partial charge >= 0.3 is 6.09 Å². The van der Waals surface area contributed by atoms with Crippen molar-refractivity contribution in [2.75, 3.05) is 13.1 Å². The fourth-order valence-electron chi connectivity index (χ4n) is 13.2. The second kappa shape index (κ2) is 16.8. The van der Waals surface area contributed by atoms with E-state index in [0.29, 0.717) is 60.8 Å². The molecule has 9 rings (SSSR count). The number of allylic oxidation sites excluding steroid dienone is 2. The van der Waals surface area contributed by atoms with Gasteiger partial charge in [-0.1, -0.05) is 91.0 Å². The van der Waals surface area contributed by atoms with Crippen LogP contribution < -0.4 is 0 Å². The second-order valence-electron chi connectivity index (χ2n) is 21.5. The molecule has 0 aromatic heterocycles. The van der Waals surface area contributed by atoms with Gasteiger partial charge in [-0.25, -0.2) is 4.79 Å². The Morgan fingerprint density at radius 3 is 2.43 bits per heavy atom. The van der Waals surface area contributed by atoms with Crippen LogP contribution in [0.25, 0.3) is 0 Å². The summed E-state index contributed by atoms with van der Waals surface area (Å²) in [6, 6.07) is 6.43. The summed E-state index contributed by atoms with van der Waals surface area (Å²) in [4.78, 5) is 31.4. The van der Waals surface area contributed by atoms with Gasteiger partial charge in [0.2, 0.25) is 0 Å². The predicted molar refractivity (Wildman–Crippen MR) is 226 cm³/mol. The Kier molecular flexibility index (Phi) is 12.6. The van der Waals surface area contributed by atoms with Crippen LogP contribution in [0.5, 0.6) is 0 Å². The van der Waals surface area contributed by atoms with Crippen LogP contribution in [0.4, 0.5) is 4.79 Å². The molecule has 6 heteroatoms. The first-order chi connectivity index (χ1) is 26.6. The maximum atomic E-state index is 14.8. The Bertz CT molecular complexity index is 1590. The number of rotatable bonds is 8. The van der Waals surface area contributed by atoms with Crippen molar-refractivity contribution in [2.24, 2.45) is 52.3 Å². The average molecular weight is 772 g/mol. The normalized spacial score (nSPS) is 37.6. The van der Waals surface area contributed by atoms with E-state index in [-0.39, 0.29) is 36.4 Å². The highest BCUT2D eigenvalue weighted by Gasteiger charge is 2.59. The predicted octanol–water partition coefficient (Wildman–Crippen LogP) is 11.5. The quantitative estimate of drug-likeness (QED) is 0.203. The highest BCUT2D eigenvalue weighted by atomic mass is 16.6. The number of benzene rings is 1. The monoisotopic (exact) mass is 772 g/mol. The van der Waals surface area contributed by atoms with Crippen LogP contribution in [0.1, 0.15) is 185 Å². The summed E-state index contributed by atoms with van der Waals surface area (Å²) in [5.74, 6) is 3.35. The smallest absolute Gasteiger partial charge is 0.410 e. The molecule has 6 saturated carbocycles. The lowest BCUT2D eigenvalue weighted by atomic mass is 9.45. The topological polar surface area (TPSA) is 87.1 Å². The molecule has 56 heavy (non-hydrogen) atoms. The lowest BCUT2D eigenvalue weighted by molar-refractivity contribution is -0.122. The van der Waals surface area contributed by atoms with E-state index in [1.807, 2.05) is 4.90 Å². The Morgan fingerprint density at radius 1 is 0.946 bits per heavy atom. The second-order valence-corrected chi connectivity index (χ2v) is 21.5. The number of amides is 1. The summed E-state index contributed by atoms with van der Waals surface area (Å²) in [7, 11) is 0. The molecule has 6 fully saturated rings. The van der Waals surface area contributed by atoms with Crippen molar-refractivity contribution in [2.45, 2.75) is 188 Å². The average Bonchev–Trinajstić information content (AvgIpc) is 3.42. The van der Waals surface area contributed by atoms with Crippen LogP contribution in [0.15, 0.2) is 29.8 Å². The SMILES string of the molecule is CC1=CCCC2(C)C(CCC2(O)CN(CC2CCC3CC2C3(C)C)C(=O)OC2CC(C)CCC2C(C)C)c2ccc(cc2C(=O)C2CCCCC2)CC(O)CC1. The standard InChI is InChI=1S/C50H77NO5/c1-32(2)40-21-16-34(4)26-45(40)56-47(54)51(30-37-18-19-38-29-44(37)48(38,5)6)31-50(55)25-23-43-41-22-17-35(28-42(41)46(53)36-13-9-8-10-14-36)27-39(52)20-15-33(3)12-11-24-49(43,50)7/h12,17,22,28,32,34,36-40,43-45,52,55H,8-11,13-16,18-21,23-27,29-31H2,1-7H3. The third-order valence-electron chi connectivity index (χ3n) is 17.3. The fraction of sp³-hybridized carbons (Fsp3) is 0.800. The van der Waals surface area contributed by atoms with Crippen molar-refractivity contribution in [1.82, 2.24) is 4.90 Å². The number of aliphatic hydroxyl groups excluding tert-OH is 1. The number of ether oxygens (including phenoxy) is 1. The van der Waals surface area contributed by atoms with E-state index in [4.69, 9.17) is 4.74 Å². The van der Waals surface area contributed by atoms with E-state index >= 15 is 0 Å². The van der Waals surface area contributed by atoms with Crippen LogP contribution in [0.2, 0.25) is 0 Å². The lowest BCUT2D eigenvalue weighted by Crippen LogP contribution is -2.58. The Balaban J connectivity index is 1.25. The van der Waals surface area contributed by atoms with Crippen LogP contribution in [0, 0.1) is 52.3 Å². The van der Waals surface area contributed by atoms with Gasteiger partial charge in [0.25, 0.3) is 0 Å². The molecule has 0 spiro atoms. The zero-order valence-electron chi connectivity index (χ0n) is 36.3. The molecule has 2 N–H and O–H groups in total. The molecule has 10 atom stereocenters. The molecule has 312 valence electrons. The lowest BCUT2D eigenvalue weighted by Gasteiger charge is -2.60. The van der Waals surface area contributed by atoms with E-state index in [1.54, 1.807) is 0 Å². The molecule has 1 amide bonds. The molecule has 1 aromatic rings. The van der Waals surface area contributed by atoms with Crippen molar-refractivity contribution in [1.29, 1.82) is 0 Å². The van der Waals surface area contributed by atoms with E-state index in [1.165, 1.54) is 31.3 Å². The van der Waals surface area contributed by atoms with Crippen molar-refractivity contribution in [3.05, 3.63) is 46.5 Å². The molecule has 8 aliphatic rings. The summed E-state index contributed by atoms with van der Waals surface area (Å²) in [5.41, 5.74) is 2.73. The fourth-order valence-corrected chi connectivity index (χ4v) is 13.2. The molecule has 4 bridgehead atoms. The van der Waals surface area contributed by atoms with Crippen molar-refractivity contribution >= 4 is 11.9 Å². The number of carbonyl (C=O) groups is 2. The zero-order chi connectivity index (χ0) is 40.0.